The lowest BCUT2D eigenvalue weighted by Gasteiger charge is -2.31. The number of hydrogen-bond acceptors (Lipinski definition) is 3. The molecule has 0 saturated heterocycles. The molecule has 4 heteroatoms. The van der Waals surface area contributed by atoms with Crippen LogP contribution in [0.4, 0.5) is 0 Å². The van der Waals surface area contributed by atoms with Gasteiger partial charge in [0.2, 0.25) is 0 Å². The Morgan fingerprint density at radius 2 is 1.68 bits per heavy atom. The van der Waals surface area contributed by atoms with E-state index in [2.05, 4.69) is 61.2 Å². The summed E-state index contributed by atoms with van der Waals surface area (Å²) in [6.45, 7) is 6.38. The molecular weight excluding hydrogens is 420 g/mol. The van der Waals surface area contributed by atoms with Crippen molar-refractivity contribution in [3.05, 3.63) is 112 Å². The van der Waals surface area contributed by atoms with Crippen LogP contribution in [0.2, 0.25) is 0 Å². The molecule has 5 rings (SSSR count). The minimum absolute atomic E-state index is 0.361. The molecule has 4 nitrogen and oxygen atoms in total. The summed E-state index contributed by atoms with van der Waals surface area (Å²) in [6, 6.07) is 26.5. The van der Waals surface area contributed by atoms with E-state index in [0.29, 0.717) is 30.0 Å². The molecule has 4 aromatic rings. The Morgan fingerprint density at radius 1 is 0.971 bits per heavy atom. The molecule has 1 aromatic heterocycles. The maximum Gasteiger partial charge on any atom is 0.336 e. The van der Waals surface area contributed by atoms with E-state index in [0.717, 1.165) is 34.5 Å². The lowest BCUT2D eigenvalue weighted by atomic mass is 9.91. The Morgan fingerprint density at radius 3 is 2.38 bits per heavy atom. The third-order valence-corrected chi connectivity index (χ3v) is 6.48. The Balaban J connectivity index is 1.65. The molecule has 0 unspecified atom stereocenters. The molecule has 0 fully saturated rings. The maximum atomic E-state index is 12.5. The minimum Gasteiger partial charge on any atom is -0.478 e. The number of rotatable bonds is 5. The molecule has 0 aliphatic carbocycles. The first-order valence-corrected chi connectivity index (χ1v) is 11.7. The molecule has 0 radical (unpaired) electrons. The standard InChI is InChI=1S/C30H28N2O2/c1-20(2)23-14-12-21(13-15-23)16-24-18-32(17-22-8-4-3-5-9-22)19-26-28(30(33)34)25-10-6-7-11-27(25)31-29(24)26/h3-16,20H,17-19H2,1-2H3,(H,33,34). The van der Waals surface area contributed by atoms with Crippen LogP contribution in [-0.2, 0) is 13.1 Å². The Labute approximate surface area is 200 Å². The topological polar surface area (TPSA) is 53.4 Å². The molecule has 2 heterocycles. The quantitative estimate of drug-likeness (QED) is 0.373. The molecule has 1 aliphatic heterocycles. The average Bonchev–Trinajstić information content (AvgIpc) is 2.83. The van der Waals surface area contributed by atoms with Crippen molar-refractivity contribution in [1.82, 2.24) is 9.88 Å². The average molecular weight is 449 g/mol. The van der Waals surface area contributed by atoms with E-state index in [4.69, 9.17) is 4.98 Å². The first-order chi connectivity index (χ1) is 16.5. The maximum absolute atomic E-state index is 12.5. The van der Waals surface area contributed by atoms with Crippen molar-refractivity contribution in [1.29, 1.82) is 0 Å². The second kappa shape index (κ2) is 9.24. The normalized spacial score (nSPS) is 15.1. The van der Waals surface area contributed by atoms with Gasteiger partial charge in [0.25, 0.3) is 0 Å². The largest absolute Gasteiger partial charge is 0.478 e. The number of benzene rings is 3. The molecule has 0 bridgehead atoms. The molecule has 1 N–H and O–H groups in total. The third kappa shape index (κ3) is 4.37. The van der Waals surface area contributed by atoms with Gasteiger partial charge in [0, 0.05) is 30.6 Å². The number of aromatic nitrogens is 1. The van der Waals surface area contributed by atoms with Crippen molar-refractivity contribution in [3.8, 4) is 0 Å². The van der Waals surface area contributed by atoms with Crippen LogP contribution < -0.4 is 0 Å². The first-order valence-electron chi connectivity index (χ1n) is 11.7. The van der Waals surface area contributed by atoms with Gasteiger partial charge in [-0.15, -0.1) is 0 Å². The molecule has 0 saturated carbocycles. The number of pyridine rings is 1. The summed E-state index contributed by atoms with van der Waals surface area (Å²) in [5.41, 5.74) is 7.32. The predicted molar refractivity (Wildman–Crippen MR) is 138 cm³/mol. The van der Waals surface area contributed by atoms with Gasteiger partial charge in [0.15, 0.2) is 0 Å². The summed E-state index contributed by atoms with van der Waals surface area (Å²) in [4.78, 5) is 19.7. The van der Waals surface area contributed by atoms with E-state index < -0.39 is 5.97 Å². The van der Waals surface area contributed by atoms with Crippen molar-refractivity contribution in [2.24, 2.45) is 0 Å². The number of para-hydroxylation sites is 1. The fourth-order valence-corrected chi connectivity index (χ4v) is 4.76. The Hall–Kier alpha value is -3.76. The summed E-state index contributed by atoms with van der Waals surface area (Å²) >= 11 is 0. The van der Waals surface area contributed by atoms with Gasteiger partial charge >= 0.3 is 5.97 Å². The van der Waals surface area contributed by atoms with Crippen molar-refractivity contribution in [3.63, 3.8) is 0 Å². The third-order valence-electron chi connectivity index (χ3n) is 6.48. The second-order valence-corrected chi connectivity index (χ2v) is 9.26. The summed E-state index contributed by atoms with van der Waals surface area (Å²) in [5.74, 6) is -0.429. The summed E-state index contributed by atoms with van der Waals surface area (Å²) in [5, 5.41) is 10.9. The monoisotopic (exact) mass is 448 g/mol. The van der Waals surface area contributed by atoms with Gasteiger partial charge in [-0.1, -0.05) is 86.6 Å². The zero-order valence-electron chi connectivity index (χ0n) is 19.5. The van der Waals surface area contributed by atoms with Crippen LogP contribution in [-0.4, -0.2) is 27.5 Å². The molecule has 0 spiro atoms. The van der Waals surface area contributed by atoms with Gasteiger partial charge < -0.3 is 5.11 Å². The van der Waals surface area contributed by atoms with Gasteiger partial charge in [0.1, 0.15) is 0 Å². The number of carboxylic acids is 1. The fourth-order valence-electron chi connectivity index (χ4n) is 4.76. The molecular formula is C30H28N2O2. The highest BCUT2D eigenvalue weighted by molar-refractivity contribution is 6.06. The van der Waals surface area contributed by atoms with Crippen molar-refractivity contribution < 1.29 is 9.90 Å². The van der Waals surface area contributed by atoms with Crippen molar-refractivity contribution in [2.75, 3.05) is 6.54 Å². The van der Waals surface area contributed by atoms with Gasteiger partial charge in [-0.2, -0.15) is 0 Å². The van der Waals surface area contributed by atoms with Gasteiger partial charge in [-0.25, -0.2) is 9.78 Å². The number of carboxylic acid groups (broad SMARTS) is 1. The van der Waals surface area contributed by atoms with Crippen LogP contribution in [0.15, 0.2) is 78.9 Å². The van der Waals surface area contributed by atoms with E-state index >= 15 is 0 Å². The van der Waals surface area contributed by atoms with Gasteiger partial charge in [0.05, 0.1) is 16.8 Å². The zero-order chi connectivity index (χ0) is 23.7. The number of aromatic carboxylic acids is 1. The number of fused-ring (bicyclic) bond motifs is 2. The van der Waals surface area contributed by atoms with Crippen LogP contribution in [0.1, 0.15) is 58.1 Å². The molecule has 170 valence electrons. The van der Waals surface area contributed by atoms with Crippen LogP contribution in [0.3, 0.4) is 0 Å². The van der Waals surface area contributed by atoms with Crippen LogP contribution in [0.5, 0.6) is 0 Å². The van der Waals surface area contributed by atoms with Crippen LogP contribution >= 0.6 is 0 Å². The first kappa shape index (κ1) is 22.1. The predicted octanol–water partition coefficient (Wildman–Crippen LogP) is 6.61. The SMILES string of the molecule is CC(C)c1ccc(C=C2CN(Cc3ccccc3)Cc3c2nc2ccccc2c3C(=O)O)cc1. The highest BCUT2D eigenvalue weighted by Crippen LogP contribution is 2.34. The zero-order valence-corrected chi connectivity index (χ0v) is 19.5. The highest BCUT2D eigenvalue weighted by atomic mass is 16.4. The smallest absolute Gasteiger partial charge is 0.336 e. The Bertz CT molecular complexity index is 1370. The highest BCUT2D eigenvalue weighted by Gasteiger charge is 2.28. The lowest BCUT2D eigenvalue weighted by Crippen LogP contribution is -2.31. The summed E-state index contributed by atoms with van der Waals surface area (Å²) in [7, 11) is 0. The fraction of sp³-hybridized carbons (Fsp3) is 0.200. The lowest BCUT2D eigenvalue weighted by molar-refractivity contribution is 0.0696. The van der Waals surface area contributed by atoms with Crippen LogP contribution in [0, 0.1) is 0 Å². The van der Waals surface area contributed by atoms with Crippen molar-refractivity contribution >= 4 is 28.5 Å². The number of nitrogens with zero attached hydrogens (tertiary/aromatic N) is 2. The van der Waals surface area contributed by atoms with Gasteiger partial charge in [-0.05, 0) is 40.3 Å². The second-order valence-electron chi connectivity index (χ2n) is 9.26. The molecule has 0 amide bonds. The van der Waals surface area contributed by atoms with Gasteiger partial charge in [-0.3, -0.25) is 4.90 Å². The molecule has 0 atom stereocenters. The van der Waals surface area contributed by atoms with Crippen LogP contribution in [0.25, 0.3) is 22.6 Å². The molecule has 1 aliphatic rings. The minimum atomic E-state index is -0.906. The van der Waals surface area contributed by atoms with E-state index in [1.807, 2.05) is 42.5 Å². The van der Waals surface area contributed by atoms with E-state index in [9.17, 15) is 9.90 Å². The number of hydrogen-bond donors (Lipinski definition) is 1. The van der Waals surface area contributed by atoms with E-state index in [-0.39, 0.29) is 0 Å². The van der Waals surface area contributed by atoms with E-state index in [1.165, 1.54) is 11.1 Å². The Kier molecular flexibility index (Phi) is 5.99. The summed E-state index contributed by atoms with van der Waals surface area (Å²) in [6.07, 6.45) is 2.16. The van der Waals surface area contributed by atoms with Crippen molar-refractivity contribution in [2.45, 2.75) is 32.9 Å². The molecule has 3 aromatic carbocycles. The van der Waals surface area contributed by atoms with E-state index in [1.54, 1.807) is 0 Å². The summed E-state index contributed by atoms with van der Waals surface area (Å²) < 4.78 is 0. The number of carbonyl (C=O) groups is 1. The molecule has 34 heavy (non-hydrogen) atoms.